The van der Waals surface area contributed by atoms with Gasteiger partial charge in [0.25, 0.3) is 5.91 Å². The first-order valence-electron chi connectivity index (χ1n) is 5.87. The van der Waals surface area contributed by atoms with Crippen LogP contribution in [-0.2, 0) is 4.79 Å². The zero-order valence-corrected chi connectivity index (χ0v) is 12.6. The Morgan fingerprint density at radius 1 is 1.22 bits per heavy atom. The highest BCUT2D eigenvalue weighted by atomic mass is 79.9. The Kier molecular flexibility index (Phi) is 4.40. The molecule has 1 aromatic heterocycles. The van der Waals surface area contributed by atoms with E-state index in [-0.39, 0.29) is 11.8 Å². The largest absolute Gasteiger partial charge is 0.341 e. The van der Waals surface area contributed by atoms with E-state index in [4.69, 9.17) is 0 Å². The van der Waals surface area contributed by atoms with Crippen LogP contribution in [0.3, 0.4) is 0 Å². The first-order valence-corrected chi connectivity index (χ1v) is 7.54. The number of carbonyl (C=O) groups is 2. The molecule has 1 aromatic rings. The number of nitrogens with zero attached hydrogens (tertiary/aromatic N) is 2. The normalized spacial score (nSPS) is 16.6. The number of rotatable bonds is 1. The van der Waals surface area contributed by atoms with Crippen molar-refractivity contribution in [1.82, 2.24) is 9.80 Å². The zero-order valence-electron chi connectivity index (χ0n) is 10.2. The molecule has 0 bridgehead atoms. The molecular weight excluding hydrogens is 316 g/mol. The van der Waals surface area contributed by atoms with Crippen LogP contribution in [0, 0.1) is 0 Å². The molecule has 6 heteroatoms. The molecule has 0 atom stereocenters. The molecule has 1 fully saturated rings. The number of hydrogen-bond acceptors (Lipinski definition) is 3. The van der Waals surface area contributed by atoms with Gasteiger partial charge < -0.3 is 9.80 Å². The molecule has 4 nitrogen and oxygen atoms in total. The lowest BCUT2D eigenvalue weighted by Crippen LogP contribution is -2.36. The highest BCUT2D eigenvalue weighted by Crippen LogP contribution is 2.22. The third-order valence-electron chi connectivity index (χ3n) is 3.04. The maximum Gasteiger partial charge on any atom is 0.254 e. The van der Waals surface area contributed by atoms with E-state index < -0.39 is 0 Å². The summed E-state index contributed by atoms with van der Waals surface area (Å²) in [4.78, 5) is 27.2. The van der Waals surface area contributed by atoms with E-state index in [1.165, 1.54) is 11.3 Å². The minimum Gasteiger partial charge on any atom is -0.341 e. The molecule has 98 valence electrons. The lowest BCUT2D eigenvalue weighted by Gasteiger charge is -2.20. The van der Waals surface area contributed by atoms with Crippen molar-refractivity contribution in [3.8, 4) is 0 Å². The van der Waals surface area contributed by atoms with Gasteiger partial charge in [0.2, 0.25) is 5.91 Å². The van der Waals surface area contributed by atoms with Crippen molar-refractivity contribution < 1.29 is 9.59 Å². The highest BCUT2D eigenvalue weighted by molar-refractivity contribution is 9.11. The van der Waals surface area contributed by atoms with E-state index in [0.717, 1.165) is 28.9 Å². The van der Waals surface area contributed by atoms with Gasteiger partial charge in [0.1, 0.15) is 0 Å². The molecule has 1 aliphatic heterocycles. The predicted octanol–water partition coefficient (Wildman–Crippen LogP) is 2.21. The fourth-order valence-corrected chi connectivity index (χ4v) is 3.17. The van der Waals surface area contributed by atoms with Crippen LogP contribution in [0.4, 0.5) is 0 Å². The minimum atomic E-state index is 0.0577. The molecule has 0 saturated carbocycles. The lowest BCUT2D eigenvalue weighted by atomic mass is 10.3. The van der Waals surface area contributed by atoms with Crippen LogP contribution in [0.25, 0.3) is 0 Å². The van der Waals surface area contributed by atoms with E-state index in [1.54, 1.807) is 11.8 Å². The van der Waals surface area contributed by atoms with Crippen molar-refractivity contribution in [2.24, 2.45) is 0 Å². The SMILES string of the molecule is CC(=O)N1CCCN(C(=O)c2csc(Br)c2)CC1. The molecule has 18 heavy (non-hydrogen) atoms. The van der Waals surface area contributed by atoms with E-state index in [2.05, 4.69) is 15.9 Å². The third-order valence-corrected chi connectivity index (χ3v) is 4.55. The highest BCUT2D eigenvalue weighted by Gasteiger charge is 2.21. The first-order chi connectivity index (χ1) is 8.58. The van der Waals surface area contributed by atoms with Gasteiger partial charge in [-0.3, -0.25) is 9.59 Å². The maximum atomic E-state index is 12.3. The van der Waals surface area contributed by atoms with Crippen molar-refractivity contribution in [1.29, 1.82) is 0 Å². The van der Waals surface area contributed by atoms with Crippen LogP contribution in [0.1, 0.15) is 23.7 Å². The second kappa shape index (κ2) is 5.84. The molecule has 0 spiro atoms. The van der Waals surface area contributed by atoms with Crippen molar-refractivity contribution in [3.05, 3.63) is 20.8 Å². The van der Waals surface area contributed by atoms with Crippen LogP contribution >= 0.6 is 27.3 Å². The first kappa shape index (κ1) is 13.5. The van der Waals surface area contributed by atoms with Gasteiger partial charge in [-0.2, -0.15) is 0 Å². The molecular formula is C12H15BrN2O2S. The van der Waals surface area contributed by atoms with E-state index in [1.807, 2.05) is 16.3 Å². The average Bonchev–Trinajstić information content (AvgIpc) is 2.63. The predicted molar refractivity (Wildman–Crippen MR) is 74.8 cm³/mol. The van der Waals surface area contributed by atoms with E-state index in [0.29, 0.717) is 13.1 Å². The summed E-state index contributed by atoms with van der Waals surface area (Å²) in [6.45, 7) is 4.29. The molecule has 0 unspecified atom stereocenters. The fraction of sp³-hybridized carbons (Fsp3) is 0.500. The number of carbonyl (C=O) groups excluding carboxylic acids is 2. The summed E-state index contributed by atoms with van der Waals surface area (Å²) >= 11 is 4.88. The van der Waals surface area contributed by atoms with Gasteiger partial charge in [0.05, 0.1) is 9.35 Å². The van der Waals surface area contributed by atoms with Gasteiger partial charge in [-0.25, -0.2) is 0 Å². The summed E-state index contributed by atoms with van der Waals surface area (Å²) in [6.07, 6.45) is 0.844. The minimum absolute atomic E-state index is 0.0577. The molecule has 0 radical (unpaired) electrons. The molecule has 2 heterocycles. The number of halogens is 1. The van der Waals surface area contributed by atoms with Crippen molar-refractivity contribution in [3.63, 3.8) is 0 Å². The number of thiophene rings is 1. The molecule has 2 amide bonds. The Hall–Kier alpha value is -0.880. The van der Waals surface area contributed by atoms with Crippen molar-refractivity contribution >= 4 is 39.1 Å². The summed E-state index contributed by atoms with van der Waals surface area (Å²) in [6, 6.07) is 1.85. The smallest absolute Gasteiger partial charge is 0.254 e. The molecule has 0 aliphatic carbocycles. The molecule has 1 saturated heterocycles. The average molecular weight is 331 g/mol. The Bertz CT molecular complexity index is 461. The van der Waals surface area contributed by atoms with Crippen LogP contribution in [0.2, 0.25) is 0 Å². The fourth-order valence-electron chi connectivity index (χ4n) is 2.04. The topological polar surface area (TPSA) is 40.6 Å². The standard InChI is InChI=1S/C12H15BrN2O2S/c1-9(16)14-3-2-4-15(6-5-14)12(17)10-7-11(13)18-8-10/h7-8H,2-6H2,1H3. The van der Waals surface area contributed by atoms with Crippen LogP contribution in [0.5, 0.6) is 0 Å². The third kappa shape index (κ3) is 3.11. The Labute approximate surface area is 119 Å². The summed E-state index contributed by atoms with van der Waals surface area (Å²) in [5.74, 6) is 0.143. The van der Waals surface area contributed by atoms with Gasteiger partial charge >= 0.3 is 0 Å². The van der Waals surface area contributed by atoms with Crippen LogP contribution in [0.15, 0.2) is 15.2 Å². The molecule has 2 rings (SSSR count). The van der Waals surface area contributed by atoms with Crippen molar-refractivity contribution in [2.75, 3.05) is 26.2 Å². The Morgan fingerprint density at radius 3 is 2.50 bits per heavy atom. The van der Waals surface area contributed by atoms with Gasteiger partial charge in [-0.15, -0.1) is 11.3 Å². The second-order valence-corrected chi connectivity index (χ2v) is 6.58. The number of hydrogen-bond donors (Lipinski definition) is 0. The van der Waals surface area contributed by atoms with E-state index in [9.17, 15) is 9.59 Å². The van der Waals surface area contributed by atoms with Gasteiger partial charge in [0.15, 0.2) is 0 Å². The Balaban J connectivity index is 2.02. The quantitative estimate of drug-likeness (QED) is 0.792. The Morgan fingerprint density at radius 2 is 1.89 bits per heavy atom. The summed E-state index contributed by atoms with van der Waals surface area (Å²) in [5.41, 5.74) is 0.725. The van der Waals surface area contributed by atoms with Crippen molar-refractivity contribution in [2.45, 2.75) is 13.3 Å². The summed E-state index contributed by atoms with van der Waals surface area (Å²) < 4.78 is 0.964. The summed E-state index contributed by atoms with van der Waals surface area (Å²) in [7, 11) is 0. The maximum absolute atomic E-state index is 12.3. The zero-order chi connectivity index (χ0) is 13.1. The lowest BCUT2D eigenvalue weighted by molar-refractivity contribution is -0.128. The number of amides is 2. The van der Waals surface area contributed by atoms with E-state index >= 15 is 0 Å². The molecule has 1 aliphatic rings. The van der Waals surface area contributed by atoms with Crippen LogP contribution < -0.4 is 0 Å². The van der Waals surface area contributed by atoms with Gasteiger partial charge in [-0.1, -0.05) is 0 Å². The van der Waals surface area contributed by atoms with Crippen LogP contribution in [-0.4, -0.2) is 47.8 Å². The monoisotopic (exact) mass is 330 g/mol. The second-order valence-electron chi connectivity index (χ2n) is 4.29. The van der Waals surface area contributed by atoms with Gasteiger partial charge in [-0.05, 0) is 28.4 Å². The molecule has 0 N–H and O–H groups in total. The molecule has 0 aromatic carbocycles. The summed E-state index contributed by atoms with van der Waals surface area (Å²) in [5, 5.41) is 1.86. The van der Waals surface area contributed by atoms with Gasteiger partial charge in [0, 0.05) is 38.5 Å².